The molecular formula is C10H14N4O5S. The van der Waals surface area contributed by atoms with E-state index in [9.17, 15) is 18.0 Å². The van der Waals surface area contributed by atoms with Gasteiger partial charge in [-0.2, -0.15) is 0 Å². The van der Waals surface area contributed by atoms with E-state index in [-0.39, 0.29) is 24.4 Å². The number of sulfonamides is 1. The Kier molecular flexibility index (Phi) is 5.41. The van der Waals surface area contributed by atoms with Gasteiger partial charge < -0.3 is 15.7 Å². The van der Waals surface area contributed by atoms with Crippen LogP contribution in [0.1, 0.15) is 16.1 Å². The van der Waals surface area contributed by atoms with Crippen molar-refractivity contribution in [1.82, 2.24) is 15.6 Å². The van der Waals surface area contributed by atoms with Crippen LogP contribution in [0.15, 0.2) is 18.3 Å². The molecule has 0 unspecified atom stereocenters. The molecule has 1 aromatic rings. The van der Waals surface area contributed by atoms with Crippen molar-refractivity contribution in [3.05, 3.63) is 29.6 Å². The Morgan fingerprint density at radius 2 is 2.05 bits per heavy atom. The summed E-state index contributed by atoms with van der Waals surface area (Å²) in [6, 6.07) is 2.06. The first-order valence-corrected chi connectivity index (χ1v) is 7.20. The predicted molar refractivity (Wildman–Crippen MR) is 69.4 cm³/mol. The number of primary sulfonamides is 1. The number of hydrogen-bond donors (Lipinski definition) is 4. The molecule has 0 fully saturated rings. The Labute approximate surface area is 115 Å². The first kappa shape index (κ1) is 15.9. The monoisotopic (exact) mass is 302 g/mol. The summed E-state index contributed by atoms with van der Waals surface area (Å²) in [7, 11) is -3.62. The topological polar surface area (TPSA) is 151 Å². The van der Waals surface area contributed by atoms with Crippen LogP contribution in [0.3, 0.4) is 0 Å². The second-order valence-electron chi connectivity index (χ2n) is 3.82. The number of rotatable bonds is 6. The molecule has 0 aliphatic heterocycles. The van der Waals surface area contributed by atoms with Gasteiger partial charge in [0, 0.05) is 12.7 Å². The molecule has 9 nitrogen and oxygen atoms in total. The highest BCUT2D eigenvalue weighted by Gasteiger charge is 2.07. The summed E-state index contributed by atoms with van der Waals surface area (Å²) in [5.74, 6) is -1.46. The van der Waals surface area contributed by atoms with Gasteiger partial charge in [-0.05, 0) is 12.1 Å². The quantitative estimate of drug-likeness (QED) is 0.521. The van der Waals surface area contributed by atoms with Crippen molar-refractivity contribution in [1.29, 1.82) is 0 Å². The number of aromatic nitrogens is 1. The average Bonchev–Trinajstić information content (AvgIpc) is 2.35. The maximum atomic E-state index is 11.3. The highest BCUT2D eigenvalue weighted by molar-refractivity contribution is 7.89. The zero-order valence-corrected chi connectivity index (χ0v) is 11.2. The summed E-state index contributed by atoms with van der Waals surface area (Å²) in [6.45, 7) is -0.102. The molecule has 0 saturated heterocycles. The molecule has 0 atom stereocenters. The number of carbonyl (C=O) groups is 2. The van der Waals surface area contributed by atoms with Crippen LogP contribution >= 0.6 is 0 Å². The third-order valence-electron chi connectivity index (χ3n) is 2.17. The largest absolute Gasteiger partial charge is 0.478 e. The number of carbonyl (C=O) groups excluding carboxylic acids is 1. The summed E-state index contributed by atoms with van der Waals surface area (Å²) in [5, 5.41) is 18.3. The normalized spacial score (nSPS) is 10.8. The molecular weight excluding hydrogens is 288 g/mol. The Hall–Kier alpha value is -2.20. The molecule has 0 spiro atoms. The standard InChI is InChI=1S/C10H14N4O5S/c11-20(18,19)4-3-13-10(17)14-6-8-5-7(9(15)16)1-2-12-8/h1-2,5H,3-4,6H2,(H,15,16)(H2,11,18,19)(H2,13,14,17). The molecule has 0 aromatic carbocycles. The highest BCUT2D eigenvalue weighted by Crippen LogP contribution is 2.01. The van der Waals surface area contributed by atoms with Gasteiger partial charge in [-0.25, -0.2) is 23.1 Å². The Bertz CT molecular complexity index is 601. The molecule has 5 N–H and O–H groups in total. The number of pyridine rings is 1. The van der Waals surface area contributed by atoms with E-state index in [0.717, 1.165) is 0 Å². The third-order valence-corrected chi connectivity index (χ3v) is 2.94. The van der Waals surface area contributed by atoms with Crippen LogP contribution < -0.4 is 15.8 Å². The summed E-state index contributed by atoms with van der Waals surface area (Å²) >= 11 is 0. The van der Waals surface area contributed by atoms with Crippen molar-refractivity contribution in [2.75, 3.05) is 12.3 Å². The number of nitrogens with zero attached hydrogens (tertiary/aromatic N) is 1. The van der Waals surface area contributed by atoms with Crippen LogP contribution in [0.4, 0.5) is 4.79 Å². The molecule has 20 heavy (non-hydrogen) atoms. The molecule has 0 radical (unpaired) electrons. The van der Waals surface area contributed by atoms with Gasteiger partial charge in [-0.3, -0.25) is 4.98 Å². The molecule has 2 amide bonds. The fourth-order valence-corrected chi connectivity index (χ4v) is 1.63. The van der Waals surface area contributed by atoms with E-state index in [2.05, 4.69) is 15.6 Å². The van der Waals surface area contributed by atoms with Crippen LogP contribution in [0.2, 0.25) is 0 Å². The fraction of sp³-hybridized carbons (Fsp3) is 0.300. The maximum absolute atomic E-state index is 11.3. The lowest BCUT2D eigenvalue weighted by molar-refractivity contribution is 0.0696. The maximum Gasteiger partial charge on any atom is 0.335 e. The van der Waals surface area contributed by atoms with Gasteiger partial charge in [0.2, 0.25) is 10.0 Å². The van der Waals surface area contributed by atoms with Crippen LogP contribution in [0.5, 0.6) is 0 Å². The van der Waals surface area contributed by atoms with Crippen LogP contribution in [-0.2, 0) is 16.6 Å². The highest BCUT2D eigenvalue weighted by atomic mass is 32.2. The van der Waals surface area contributed by atoms with Crippen molar-refractivity contribution in [2.45, 2.75) is 6.54 Å². The van der Waals surface area contributed by atoms with E-state index in [1.165, 1.54) is 18.3 Å². The van der Waals surface area contributed by atoms with E-state index in [1.807, 2.05) is 0 Å². The Morgan fingerprint density at radius 1 is 1.35 bits per heavy atom. The van der Waals surface area contributed by atoms with Gasteiger partial charge in [-0.1, -0.05) is 0 Å². The minimum absolute atomic E-state index is 0.0162. The number of urea groups is 1. The van der Waals surface area contributed by atoms with E-state index in [0.29, 0.717) is 5.69 Å². The van der Waals surface area contributed by atoms with Gasteiger partial charge in [0.25, 0.3) is 0 Å². The molecule has 1 rings (SSSR count). The summed E-state index contributed by atoms with van der Waals surface area (Å²) in [6.07, 6.45) is 1.32. The number of amides is 2. The van der Waals surface area contributed by atoms with Crippen LogP contribution in [0.25, 0.3) is 0 Å². The summed E-state index contributed by atoms with van der Waals surface area (Å²) in [5.41, 5.74) is 0.429. The Morgan fingerprint density at radius 3 is 2.65 bits per heavy atom. The van der Waals surface area contributed by atoms with Gasteiger partial charge in [-0.15, -0.1) is 0 Å². The predicted octanol–water partition coefficient (Wildman–Crippen LogP) is -1.13. The summed E-state index contributed by atoms with van der Waals surface area (Å²) in [4.78, 5) is 25.9. The molecule has 10 heteroatoms. The molecule has 0 bridgehead atoms. The number of hydrogen-bond acceptors (Lipinski definition) is 5. The molecule has 0 saturated carbocycles. The van der Waals surface area contributed by atoms with Gasteiger partial charge in [0.15, 0.2) is 0 Å². The van der Waals surface area contributed by atoms with Gasteiger partial charge in [0.05, 0.1) is 23.6 Å². The van der Waals surface area contributed by atoms with Crippen LogP contribution in [-0.4, -0.2) is 42.8 Å². The minimum atomic E-state index is -3.62. The van der Waals surface area contributed by atoms with Crippen molar-refractivity contribution in [2.24, 2.45) is 5.14 Å². The van der Waals surface area contributed by atoms with Crippen molar-refractivity contribution in [3.63, 3.8) is 0 Å². The Balaban J connectivity index is 2.41. The number of carboxylic acids is 1. The zero-order chi connectivity index (χ0) is 15.2. The van der Waals surface area contributed by atoms with Crippen molar-refractivity contribution < 1.29 is 23.1 Å². The number of nitrogens with two attached hydrogens (primary N) is 1. The number of aromatic carboxylic acids is 1. The molecule has 110 valence electrons. The lowest BCUT2D eigenvalue weighted by atomic mass is 10.2. The average molecular weight is 302 g/mol. The van der Waals surface area contributed by atoms with E-state index in [1.54, 1.807) is 0 Å². The zero-order valence-electron chi connectivity index (χ0n) is 10.4. The van der Waals surface area contributed by atoms with Crippen molar-refractivity contribution in [3.8, 4) is 0 Å². The van der Waals surface area contributed by atoms with E-state index >= 15 is 0 Å². The molecule has 0 aliphatic rings. The second kappa shape index (κ2) is 6.82. The minimum Gasteiger partial charge on any atom is -0.478 e. The first-order chi connectivity index (χ1) is 9.28. The van der Waals surface area contributed by atoms with Crippen LogP contribution in [0, 0.1) is 0 Å². The molecule has 1 heterocycles. The molecule has 0 aliphatic carbocycles. The SMILES string of the molecule is NS(=O)(=O)CCNC(=O)NCc1cc(C(=O)O)ccn1. The lowest BCUT2D eigenvalue weighted by Crippen LogP contribution is -2.38. The third kappa shape index (κ3) is 6.11. The van der Waals surface area contributed by atoms with Gasteiger partial charge >= 0.3 is 12.0 Å². The van der Waals surface area contributed by atoms with E-state index in [4.69, 9.17) is 10.2 Å². The summed E-state index contributed by atoms with van der Waals surface area (Å²) < 4.78 is 21.3. The van der Waals surface area contributed by atoms with Crippen molar-refractivity contribution >= 4 is 22.0 Å². The fourth-order valence-electron chi connectivity index (χ4n) is 1.25. The van der Waals surface area contributed by atoms with E-state index < -0.39 is 22.0 Å². The first-order valence-electron chi connectivity index (χ1n) is 5.48. The second-order valence-corrected chi connectivity index (χ2v) is 5.55. The number of carboxylic acid groups (broad SMARTS) is 1. The molecule has 1 aromatic heterocycles. The number of nitrogens with one attached hydrogen (secondary N) is 2. The smallest absolute Gasteiger partial charge is 0.335 e. The lowest BCUT2D eigenvalue weighted by Gasteiger charge is -2.07. The van der Waals surface area contributed by atoms with Gasteiger partial charge in [0.1, 0.15) is 0 Å².